The van der Waals surface area contributed by atoms with Gasteiger partial charge in [-0.2, -0.15) is 0 Å². The Hall–Kier alpha value is -5.27. The monoisotopic (exact) mass is 743 g/mol. The fourth-order valence-corrected chi connectivity index (χ4v) is 8.10. The van der Waals surface area contributed by atoms with Crippen LogP contribution in [0.2, 0.25) is 0 Å². The highest BCUT2D eigenvalue weighted by Crippen LogP contribution is 2.41. The van der Waals surface area contributed by atoms with Crippen LogP contribution in [0.3, 0.4) is 0 Å². The molecule has 3 amide bonds. The third-order valence-electron chi connectivity index (χ3n) is 8.44. The molecule has 13 heteroatoms. The molecule has 1 aliphatic carbocycles. The second-order valence-electron chi connectivity index (χ2n) is 12.1. The maximum Gasteiger partial charge on any atom is 0.341 e. The normalized spacial score (nSPS) is 14.3. The van der Waals surface area contributed by atoms with Crippen molar-refractivity contribution < 1.29 is 38.1 Å². The minimum atomic E-state index is -0.586. The fourth-order valence-electron chi connectivity index (χ4n) is 5.77. The minimum absolute atomic E-state index is 0.0385. The van der Waals surface area contributed by atoms with Gasteiger partial charge < -0.3 is 34.9 Å². The summed E-state index contributed by atoms with van der Waals surface area (Å²) in [6.45, 7) is 3.96. The number of rotatable bonds is 13. The molecule has 3 N–H and O–H groups in total. The predicted molar refractivity (Wildman–Crippen MR) is 204 cm³/mol. The number of nitrogens with one attached hydrogen (secondary N) is 3. The Kier molecular flexibility index (Phi) is 12.6. The first kappa shape index (κ1) is 38.0. The number of esters is 1. The first-order valence-electron chi connectivity index (χ1n) is 16.5. The van der Waals surface area contributed by atoms with Gasteiger partial charge in [-0.3, -0.25) is 14.4 Å². The summed E-state index contributed by atoms with van der Waals surface area (Å²) in [7, 11) is 5.81. The van der Waals surface area contributed by atoms with E-state index < -0.39 is 23.0 Å². The largest absolute Gasteiger partial charge is 0.493 e. The Morgan fingerprint density at radius 2 is 1.62 bits per heavy atom. The number of carbonyl (C=O) groups is 4. The molecule has 272 valence electrons. The summed E-state index contributed by atoms with van der Waals surface area (Å²) in [5.74, 6) is -0.150. The topological polar surface area (TPSA) is 141 Å². The van der Waals surface area contributed by atoms with Gasteiger partial charge in [0.25, 0.3) is 11.8 Å². The number of fused-ring (bicyclic) bond motifs is 1. The molecule has 0 radical (unpaired) electrons. The van der Waals surface area contributed by atoms with Gasteiger partial charge in [-0.1, -0.05) is 31.2 Å². The summed E-state index contributed by atoms with van der Waals surface area (Å²) >= 11 is 2.74. The molecular formula is C39H41N3O8S2. The zero-order chi connectivity index (χ0) is 37.4. The van der Waals surface area contributed by atoms with Gasteiger partial charge in [0.15, 0.2) is 11.5 Å². The summed E-state index contributed by atoms with van der Waals surface area (Å²) in [6.07, 6.45) is 4.11. The van der Waals surface area contributed by atoms with Crippen molar-refractivity contribution in [3.63, 3.8) is 0 Å². The average Bonchev–Trinajstić information content (AvgIpc) is 3.50. The number of carbonyl (C=O) groups excluding carboxylic acids is 4. The van der Waals surface area contributed by atoms with Crippen molar-refractivity contribution in [2.24, 2.45) is 5.92 Å². The lowest BCUT2D eigenvalue weighted by molar-refractivity contribution is -0.115. The number of ether oxygens (including phenoxy) is 4. The van der Waals surface area contributed by atoms with E-state index in [4.69, 9.17) is 18.9 Å². The number of hydrogen-bond acceptors (Lipinski definition) is 10. The first-order chi connectivity index (χ1) is 25.0. The summed E-state index contributed by atoms with van der Waals surface area (Å²) in [5.41, 5.74) is 2.69. The molecule has 1 aromatic heterocycles. The van der Waals surface area contributed by atoms with Gasteiger partial charge in [-0.05, 0) is 91.8 Å². The van der Waals surface area contributed by atoms with Gasteiger partial charge >= 0.3 is 5.97 Å². The molecule has 2 atom stereocenters. The van der Waals surface area contributed by atoms with Crippen LogP contribution in [0.5, 0.6) is 17.2 Å². The SMILES string of the molecule is COC(=O)c1c(NC(=O)C(C)Sc2cccc(NC(=O)/C(=C\c3cc(OC)c(OC)c(OC)c3)NC(=O)c3ccccc3)c2)sc2c1CCC(C)C2. The van der Waals surface area contributed by atoms with Crippen molar-refractivity contribution >= 4 is 63.6 Å². The maximum atomic E-state index is 13.8. The lowest BCUT2D eigenvalue weighted by atomic mass is 9.88. The molecule has 0 saturated carbocycles. The number of amides is 3. The molecule has 0 spiro atoms. The summed E-state index contributed by atoms with van der Waals surface area (Å²) in [6, 6.07) is 18.9. The standard InChI is InChI=1S/C39H41N3O8S2/c1-22-15-16-28-32(17-22)52-38(33(28)39(46)50-6)42-35(43)23(2)51-27-14-10-13-26(21-27)40-37(45)29(41-36(44)25-11-8-7-9-12-25)18-24-19-30(47-3)34(49-5)31(20-24)48-4/h7-14,18-23H,15-17H2,1-6H3,(H,40,45)(H,41,44)(H,42,43)/b29-18+. The van der Waals surface area contributed by atoms with Crippen molar-refractivity contribution in [1.82, 2.24) is 5.32 Å². The van der Waals surface area contributed by atoms with Crippen LogP contribution in [-0.2, 0) is 27.2 Å². The highest BCUT2D eigenvalue weighted by Gasteiger charge is 2.30. The lowest BCUT2D eigenvalue weighted by Crippen LogP contribution is -2.30. The highest BCUT2D eigenvalue weighted by atomic mass is 32.2. The van der Waals surface area contributed by atoms with Crippen LogP contribution in [0.15, 0.2) is 77.3 Å². The van der Waals surface area contributed by atoms with E-state index in [1.54, 1.807) is 67.6 Å². The third-order valence-corrected chi connectivity index (χ3v) is 10.7. The molecule has 52 heavy (non-hydrogen) atoms. The Morgan fingerprint density at radius 1 is 0.904 bits per heavy atom. The molecular weight excluding hydrogens is 703 g/mol. The van der Waals surface area contributed by atoms with E-state index in [0.29, 0.717) is 50.5 Å². The molecule has 4 aromatic rings. The Labute approximate surface area is 311 Å². The molecule has 1 heterocycles. The van der Waals surface area contributed by atoms with Crippen LogP contribution in [0.1, 0.15) is 57.0 Å². The van der Waals surface area contributed by atoms with Gasteiger partial charge in [0.1, 0.15) is 10.7 Å². The molecule has 5 rings (SSSR count). The van der Waals surface area contributed by atoms with E-state index in [9.17, 15) is 19.2 Å². The highest BCUT2D eigenvalue weighted by molar-refractivity contribution is 8.00. The molecule has 11 nitrogen and oxygen atoms in total. The van der Waals surface area contributed by atoms with Crippen LogP contribution in [0.25, 0.3) is 6.08 Å². The smallest absolute Gasteiger partial charge is 0.341 e. The van der Waals surface area contributed by atoms with E-state index >= 15 is 0 Å². The summed E-state index contributed by atoms with van der Waals surface area (Å²) < 4.78 is 21.4. The quantitative estimate of drug-likeness (QED) is 0.0736. The third kappa shape index (κ3) is 8.96. The van der Waals surface area contributed by atoms with Crippen molar-refractivity contribution in [1.29, 1.82) is 0 Å². The van der Waals surface area contributed by atoms with Gasteiger partial charge in [0, 0.05) is 21.0 Å². The van der Waals surface area contributed by atoms with E-state index in [2.05, 4.69) is 22.9 Å². The molecule has 3 aromatic carbocycles. The molecule has 0 bridgehead atoms. The lowest BCUT2D eigenvalue weighted by Gasteiger charge is -2.18. The summed E-state index contributed by atoms with van der Waals surface area (Å²) in [4.78, 5) is 55.0. The number of thioether (sulfide) groups is 1. The zero-order valence-corrected chi connectivity index (χ0v) is 31.4. The molecule has 2 unspecified atom stereocenters. The Morgan fingerprint density at radius 3 is 2.27 bits per heavy atom. The zero-order valence-electron chi connectivity index (χ0n) is 29.8. The van der Waals surface area contributed by atoms with Crippen molar-refractivity contribution in [2.45, 2.75) is 43.3 Å². The van der Waals surface area contributed by atoms with Crippen LogP contribution in [0.4, 0.5) is 10.7 Å². The Bertz CT molecular complexity index is 1970. The molecule has 1 aliphatic rings. The van der Waals surface area contributed by atoms with E-state index in [1.807, 2.05) is 6.07 Å². The van der Waals surface area contributed by atoms with E-state index in [1.165, 1.54) is 57.6 Å². The summed E-state index contributed by atoms with van der Waals surface area (Å²) in [5, 5.41) is 8.54. The van der Waals surface area contributed by atoms with Crippen LogP contribution in [-0.4, -0.2) is 57.4 Å². The second-order valence-corrected chi connectivity index (χ2v) is 14.6. The van der Waals surface area contributed by atoms with E-state index in [-0.39, 0.29) is 11.6 Å². The average molecular weight is 744 g/mol. The van der Waals surface area contributed by atoms with Crippen molar-refractivity contribution in [3.8, 4) is 17.2 Å². The van der Waals surface area contributed by atoms with Crippen molar-refractivity contribution in [2.75, 3.05) is 39.1 Å². The van der Waals surface area contributed by atoms with Crippen molar-refractivity contribution in [3.05, 3.63) is 99.6 Å². The van der Waals surface area contributed by atoms with Crippen LogP contribution in [0, 0.1) is 5.92 Å². The first-order valence-corrected chi connectivity index (χ1v) is 18.2. The number of hydrogen-bond donors (Lipinski definition) is 3. The predicted octanol–water partition coefficient (Wildman–Crippen LogP) is 7.21. The molecule has 0 fully saturated rings. The number of thiophene rings is 1. The minimum Gasteiger partial charge on any atom is -0.493 e. The van der Waals surface area contributed by atoms with Gasteiger partial charge in [0.05, 0.1) is 39.3 Å². The fraction of sp³-hybridized carbons (Fsp3) is 0.282. The number of anilines is 2. The number of methoxy groups -OCH3 is 4. The molecule has 0 saturated heterocycles. The molecule has 0 aliphatic heterocycles. The second kappa shape index (κ2) is 17.3. The maximum absolute atomic E-state index is 13.8. The van der Waals surface area contributed by atoms with Gasteiger partial charge in [0.2, 0.25) is 11.7 Å². The van der Waals surface area contributed by atoms with Crippen LogP contribution >= 0.6 is 23.1 Å². The van der Waals surface area contributed by atoms with Gasteiger partial charge in [-0.15, -0.1) is 23.1 Å². The van der Waals surface area contributed by atoms with E-state index in [0.717, 1.165) is 34.6 Å². The number of benzene rings is 3. The van der Waals surface area contributed by atoms with Crippen LogP contribution < -0.4 is 30.2 Å². The Balaban J connectivity index is 1.35. The van der Waals surface area contributed by atoms with Gasteiger partial charge in [-0.25, -0.2) is 4.79 Å².